The topological polar surface area (TPSA) is 35.2 Å². The number of nitrogens with two attached hydrogens (primary N) is 1. The maximum Gasteiger partial charge on any atom is 0.187 e. The average molecular weight is 184 g/mol. The first-order chi connectivity index (χ1) is 5.77. The van der Waals surface area contributed by atoms with Crippen molar-refractivity contribution in [3.8, 4) is 5.75 Å². The molecule has 0 fully saturated rings. The Bertz CT molecular complexity index is 261. The largest absolute Gasteiger partial charge is 0.473 e. The molecular weight excluding hydrogens is 174 g/mol. The van der Waals surface area contributed by atoms with E-state index in [4.69, 9.17) is 22.1 Å². The van der Waals surface area contributed by atoms with Crippen LogP contribution in [0.1, 0.15) is 5.56 Å². The highest BCUT2D eigenvalue weighted by molar-refractivity contribution is 6.20. The molecule has 12 heavy (non-hydrogen) atoms. The number of alkyl halides is 1. The van der Waals surface area contributed by atoms with Crippen LogP contribution in [0.4, 0.5) is 0 Å². The maximum atomic E-state index is 5.85. The van der Waals surface area contributed by atoms with Gasteiger partial charge in [0.15, 0.2) is 5.56 Å². The fourth-order valence-corrected chi connectivity index (χ4v) is 1.53. The van der Waals surface area contributed by atoms with Crippen LogP contribution in [0, 0.1) is 0 Å². The van der Waals surface area contributed by atoms with Crippen LogP contribution in [-0.2, 0) is 6.42 Å². The van der Waals surface area contributed by atoms with E-state index < -0.39 is 0 Å². The van der Waals surface area contributed by atoms with E-state index in [1.807, 2.05) is 24.3 Å². The molecule has 2 unspecified atom stereocenters. The average Bonchev–Trinajstić information content (AvgIpc) is 2.07. The first-order valence-corrected chi connectivity index (χ1v) is 4.35. The summed E-state index contributed by atoms with van der Waals surface area (Å²) in [7, 11) is 0. The van der Waals surface area contributed by atoms with Gasteiger partial charge in [-0.3, -0.25) is 0 Å². The third kappa shape index (κ3) is 1.28. The first-order valence-electron chi connectivity index (χ1n) is 3.91. The van der Waals surface area contributed by atoms with Gasteiger partial charge in [-0.15, -0.1) is 0 Å². The summed E-state index contributed by atoms with van der Waals surface area (Å²) in [5.74, 6) is 0.860. The highest BCUT2D eigenvalue weighted by Gasteiger charge is 2.24. The molecule has 1 aliphatic rings. The van der Waals surface area contributed by atoms with E-state index >= 15 is 0 Å². The number of hydrogen-bond donors (Lipinski definition) is 1. The second-order valence-electron chi connectivity index (χ2n) is 2.94. The first kappa shape index (κ1) is 7.90. The Labute approximate surface area is 76.3 Å². The molecule has 1 heterocycles. The Morgan fingerprint density at radius 3 is 3.00 bits per heavy atom. The number of rotatable bonds is 0. The third-order valence-corrected chi connectivity index (χ3v) is 2.42. The Morgan fingerprint density at radius 1 is 1.42 bits per heavy atom. The zero-order valence-electron chi connectivity index (χ0n) is 6.53. The fraction of sp³-hybridized carbons (Fsp3) is 0.333. The van der Waals surface area contributed by atoms with E-state index in [0.717, 1.165) is 17.7 Å². The SMILES string of the molecule is NC1Cc2ccccc2OC1Cl. The monoisotopic (exact) mass is 183 g/mol. The van der Waals surface area contributed by atoms with Gasteiger partial charge in [0.05, 0.1) is 6.04 Å². The molecule has 0 spiro atoms. The van der Waals surface area contributed by atoms with Gasteiger partial charge in [-0.1, -0.05) is 29.8 Å². The molecule has 0 aromatic heterocycles. The molecule has 0 amide bonds. The predicted octanol–water partition coefficient (Wildman–Crippen LogP) is 1.51. The molecule has 2 atom stereocenters. The number of benzene rings is 1. The van der Waals surface area contributed by atoms with E-state index in [1.54, 1.807) is 0 Å². The molecular formula is C9H10ClNO. The summed E-state index contributed by atoms with van der Waals surface area (Å²) in [5, 5.41) is 0. The summed E-state index contributed by atoms with van der Waals surface area (Å²) in [6.45, 7) is 0. The van der Waals surface area contributed by atoms with Gasteiger partial charge in [0.1, 0.15) is 5.75 Å². The van der Waals surface area contributed by atoms with E-state index in [1.165, 1.54) is 0 Å². The molecule has 0 saturated heterocycles. The van der Waals surface area contributed by atoms with E-state index in [9.17, 15) is 0 Å². The van der Waals surface area contributed by atoms with Gasteiger partial charge >= 0.3 is 0 Å². The number of fused-ring (bicyclic) bond motifs is 1. The Hall–Kier alpha value is -0.730. The molecule has 2 rings (SSSR count). The van der Waals surface area contributed by atoms with E-state index in [2.05, 4.69) is 0 Å². The summed E-state index contributed by atoms with van der Waals surface area (Å²) in [4.78, 5) is 0. The standard InChI is InChI=1S/C9H10ClNO/c10-9-7(11)5-6-3-1-2-4-8(6)12-9/h1-4,7,9H,5,11H2. The van der Waals surface area contributed by atoms with Crippen molar-refractivity contribution in [3.05, 3.63) is 29.8 Å². The van der Waals surface area contributed by atoms with Crippen LogP contribution in [0.15, 0.2) is 24.3 Å². The van der Waals surface area contributed by atoms with Crippen molar-refractivity contribution in [2.24, 2.45) is 5.73 Å². The Kier molecular flexibility index (Phi) is 1.95. The van der Waals surface area contributed by atoms with Crippen LogP contribution in [0.3, 0.4) is 0 Å². The van der Waals surface area contributed by atoms with Gasteiger partial charge in [-0.25, -0.2) is 0 Å². The van der Waals surface area contributed by atoms with Crippen molar-refractivity contribution in [2.45, 2.75) is 18.0 Å². The number of hydrogen-bond acceptors (Lipinski definition) is 2. The summed E-state index contributed by atoms with van der Waals surface area (Å²) < 4.78 is 5.38. The van der Waals surface area contributed by atoms with E-state index in [0.29, 0.717) is 0 Å². The minimum absolute atomic E-state index is 0.0958. The third-order valence-electron chi connectivity index (χ3n) is 2.00. The van der Waals surface area contributed by atoms with Crippen LogP contribution >= 0.6 is 11.6 Å². The minimum atomic E-state index is -0.389. The van der Waals surface area contributed by atoms with E-state index in [-0.39, 0.29) is 11.6 Å². The van der Waals surface area contributed by atoms with Crippen molar-refractivity contribution in [2.75, 3.05) is 0 Å². The number of halogens is 1. The van der Waals surface area contributed by atoms with Gasteiger partial charge in [-0.2, -0.15) is 0 Å². The molecule has 1 aliphatic heterocycles. The van der Waals surface area contributed by atoms with Gasteiger partial charge in [0.2, 0.25) is 0 Å². The van der Waals surface area contributed by atoms with Crippen LogP contribution < -0.4 is 10.5 Å². The zero-order valence-corrected chi connectivity index (χ0v) is 7.29. The lowest BCUT2D eigenvalue weighted by atomic mass is 10.0. The van der Waals surface area contributed by atoms with Gasteiger partial charge in [-0.05, 0) is 18.1 Å². The molecule has 3 heteroatoms. The molecule has 1 aromatic rings. The molecule has 0 radical (unpaired) electrons. The zero-order chi connectivity index (χ0) is 8.55. The molecule has 2 nitrogen and oxygen atoms in total. The van der Waals surface area contributed by atoms with Crippen LogP contribution in [0.5, 0.6) is 5.75 Å². The molecule has 1 aromatic carbocycles. The van der Waals surface area contributed by atoms with Crippen molar-refractivity contribution in [1.29, 1.82) is 0 Å². The molecule has 64 valence electrons. The lowest BCUT2D eigenvalue weighted by Gasteiger charge is -2.26. The van der Waals surface area contributed by atoms with Crippen molar-refractivity contribution in [3.63, 3.8) is 0 Å². The van der Waals surface area contributed by atoms with Crippen molar-refractivity contribution < 1.29 is 4.74 Å². The maximum absolute atomic E-state index is 5.85. The normalized spacial score (nSPS) is 27.5. The summed E-state index contributed by atoms with van der Waals surface area (Å²) >= 11 is 5.85. The summed E-state index contributed by atoms with van der Waals surface area (Å²) in [6.07, 6.45) is 0.796. The Balaban J connectivity index is 2.34. The highest BCUT2D eigenvalue weighted by Crippen LogP contribution is 2.27. The molecule has 0 aliphatic carbocycles. The van der Waals surface area contributed by atoms with Gasteiger partial charge < -0.3 is 10.5 Å². The number of para-hydroxylation sites is 1. The van der Waals surface area contributed by atoms with Gasteiger partial charge in [0.25, 0.3) is 0 Å². The Morgan fingerprint density at radius 2 is 2.17 bits per heavy atom. The smallest absolute Gasteiger partial charge is 0.187 e. The van der Waals surface area contributed by atoms with Crippen LogP contribution in [-0.4, -0.2) is 11.6 Å². The van der Waals surface area contributed by atoms with Crippen LogP contribution in [0.25, 0.3) is 0 Å². The lowest BCUT2D eigenvalue weighted by molar-refractivity contribution is 0.225. The van der Waals surface area contributed by atoms with Crippen molar-refractivity contribution >= 4 is 11.6 Å². The molecule has 0 bridgehead atoms. The second-order valence-corrected chi connectivity index (χ2v) is 3.37. The quantitative estimate of drug-likeness (QED) is 0.619. The van der Waals surface area contributed by atoms with Crippen molar-refractivity contribution in [1.82, 2.24) is 0 Å². The predicted molar refractivity (Wildman–Crippen MR) is 48.4 cm³/mol. The lowest BCUT2D eigenvalue weighted by Crippen LogP contribution is -2.40. The number of ether oxygens (including phenoxy) is 1. The molecule has 2 N–H and O–H groups in total. The summed E-state index contributed by atoms with van der Waals surface area (Å²) in [6, 6.07) is 7.73. The molecule has 0 saturated carbocycles. The van der Waals surface area contributed by atoms with Gasteiger partial charge in [0, 0.05) is 0 Å². The minimum Gasteiger partial charge on any atom is -0.473 e. The fourth-order valence-electron chi connectivity index (χ4n) is 1.34. The highest BCUT2D eigenvalue weighted by atomic mass is 35.5. The summed E-state index contributed by atoms with van der Waals surface area (Å²) in [5.41, 5.74) is 6.49. The second kappa shape index (κ2) is 2.96. The van der Waals surface area contributed by atoms with Crippen LogP contribution in [0.2, 0.25) is 0 Å².